The lowest BCUT2D eigenvalue weighted by Gasteiger charge is -2.13. The van der Waals surface area contributed by atoms with Gasteiger partial charge >= 0.3 is 0 Å². The number of anilines is 1. The van der Waals surface area contributed by atoms with E-state index in [1.807, 2.05) is 30.3 Å². The SMILES string of the molecule is COc1ccc(C(=O)Nc2cc([C]=O)ccc2F)cc1OCc1ccccc1. The van der Waals surface area contributed by atoms with Gasteiger partial charge in [0.1, 0.15) is 12.4 Å². The van der Waals surface area contributed by atoms with Crippen molar-refractivity contribution in [3.63, 3.8) is 0 Å². The van der Waals surface area contributed by atoms with Crippen LogP contribution in [0, 0.1) is 5.82 Å². The molecule has 0 bridgehead atoms. The van der Waals surface area contributed by atoms with Crippen molar-refractivity contribution in [3.8, 4) is 11.5 Å². The summed E-state index contributed by atoms with van der Waals surface area (Å²) >= 11 is 0. The second-order valence-electron chi connectivity index (χ2n) is 5.89. The molecule has 3 aromatic carbocycles. The van der Waals surface area contributed by atoms with E-state index in [9.17, 15) is 14.0 Å². The smallest absolute Gasteiger partial charge is 0.255 e. The van der Waals surface area contributed by atoms with Crippen LogP contribution in [-0.4, -0.2) is 19.3 Å². The molecule has 28 heavy (non-hydrogen) atoms. The Labute approximate surface area is 161 Å². The van der Waals surface area contributed by atoms with Crippen molar-refractivity contribution in [3.05, 3.63) is 89.2 Å². The van der Waals surface area contributed by atoms with Gasteiger partial charge in [-0.3, -0.25) is 9.59 Å². The topological polar surface area (TPSA) is 64.6 Å². The number of carbonyl (C=O) groups is 1. The third-order valence-electron chi connectivity index (χ3n) is 4.00. The minimum Gasteiger partial charge on any atom is -0.493 e. The molecule has 0 spiro atoms. The molecule has 1 amide bonds. The van der Waals surface area contributed by atoms with Crippen LogP contribution in [0.4, 0.5) is 10.1 Å². The molecule has 0 heterocycles. The Morgan fingerprint density at radius 3 is 2.54 bits per heavy atom. The van der Waals surface area contributed by atoms with Crippen molar-refractivity contribution in [2.75, 3.05) is 12.4 Å². The van der Waals surface area contributed by atoms with Crippen LogP contribution in [0.25, 0.3) is 0 Å². The van der Waals surface area contributed by atoms with Crippen LogP contribution in [0.15, 0.2) is 66.7 Å². The van der Waals surface area contributed by atoms with Crippen LogP contribution < -0.4 is 14.8 Å². The van der Waals surface area contributed by atoms with Crippen molar-refractivity contribution >= 4 is 17.9 Å². The second kappa shape index (κ2) is 8.81. The fourth-order valence-electron chi connectivity index (χ4n) is 2.55. The average molecular weight is 378 g/mol. The Balaban J connectivity index is 1.80. The van der Waals surface area contributed by atoms with Crippen LogP contribution in [0.5, 0.6) is 11.5 Å². The summed E-state index contributed by atoms with van der Waals surface area (Å²) in [5.74, 6) is -0.346. The number of rotatable bonds is 7. The summed E-state index contributed by atoms with van der Waals surface area (Å²) in [6.07, 6.45) is 1.66. The predicted octanol–water partition coefficient (Wildman–Crippen LogP) is 4.12. The largest absolute Gasteiger partial charge is 0.493 e. The highest BCUT2D eigenvalue weighted by atomic mass is 19.1. The summed E-state index contributed by atoms with van der Waals surface area (Å²) in [4.78, 5) is 23.3. The Kier molecular flexibility index (Phi) is 6.01. The van der Waals surface area contributed by atoms with E-state index in [1.165, 1.54) is 31.4 Å². The van der Waals surface area contributed by atoms with E-state index >= 15 is 0 Å². The van der Waals surface area contributed by atoms with Gasteiger partial charge in [0.25, 0.3) is 5.91 Å². The summed E-state index contributed by atoms with van der Waals surface area (Å²) in [5.41, 5.74) is 1.25. The first-order valence-corrected chi connectivity index (χ1v) is 8.44. The number of nitrogens with one attached hydrogen (secondary N) is 1. The van der Waals surface area contributed by atoms with Crippen LogP contribution in [-0.2, 0) is 11.4 Å². The molecule has 1 N–H and O–H groups in total. The van der Waals surface area contributed by atoms with Gasteiger partial charge in [0, 0.05) is 11.1 Å². The highest BCUT2D eigenvalue weighted by Crippen LogP contribution is 2.29. The summed E-state index contributed by atoms with van der Waals surface area (Å²) < 4.78 is 25.0. The van der Waals surface area contributed by atoms with Gasteiger partial charge in [-0.1, -0.05) is 30.3 Å². The quantitative estimate of drug-likeness (QED) is 0.672. The molecule has 0 saturated heterocycles. The molecular weight excluding hydrogens is 361 g/mol. The lowest BCUT2D eigenvalue weighted by molar-refractivity contribution is 0.102. The molecule has 6 heteroatoms. The maximum Gasteiger partial charge on any atom is 0.255 e. The molecule has 141 valence electrons. The van der Waals surface area contributed by atoms with E-state index in [4.69, 9.17) is 9.47 Å². The molecule has 3 aromatic rings. The minimum atomic E-state index is -0.651. The lowest BCUT2D eigenvalue weighted by Crippen LogP contribution is -2.13. The van der Waals surface area contributed by atoms with Crippen LogP contribution in [0.2, 0.25) is 0 Å². The summed E-state index contributed by atoms with van der Waals surface area (Å²) in [5, 5.41) is 2.45. The minimum absolute atomic E-state index is 0.103. The van der Waals surface area contributed by atoms with Crippen molar-refractivity contribution in [2.24, 2.45) is 0 Å². The van der Waals surface area contributed by atoms with E-state index in [-0.39, 0.29) is 16.8 Å². The molecule has 0 saturated carbocycles. The maximum absolute atomic E-state index is 13.9. The van der Waals surface area contributed by atoms with E-state index in [0.29, 0.717) is 18.1 Å². The predicted molar refractivity (Wildman–Crippen MR) is 103 cm³/mol. The molecule has 0 aliphatic rings. The van der Waals surface area contributed by atoms with E-state index < -0.39 is 11.7 Å². The third-order valence-corrected chi connectivity index (χ3v) is 4.00. The third kappa shape index (κ3) is 4.54. The fourth-order valence-corrected chi connectivity index (χ4v) is 2.55. The van der Waals surface area contributed by atoms with E-state index in [2.05, 4.69) is 5.32 Å². The molecule has 0 unspecified atom stereocenters. The first kappa shape index (κ1) is 19.1. The zero-order chi connectivity index (χ0) is 19.9. The standard InChI is InChI=1S/C22H17FNO4/c1-27-20-10-8-17(12-21(20)28-14-15-5-3-2-4-6-15)22(26)24-19-11-16(13-25)7-9-18(19)23/h2-12H,14H2,1H3,(H,24,26). The number of benzene rings is 3. The van der Waals surface area contributed by atoms with Gasteiger partial charge in [0.05, 0.1) is 12.8 Å². The molecule has 0 atom stereocenters. The first-order valence-electron chi connectivity index (χ1n) is 8.44. The molecule has 0 fully saturated rings. The number of hydrogen-bond donors (Lipinski definition) is 1. The van der Waals surface area contributed by atoms with Crippen molar-refractivity contribution in [2.45, 2.75) is 6.61 Å². The monoisotopic (exact) mass is 378 g/mol. The number of carbonyl (C=O) groups excluding carboxylic acids is 2. The van der Waals surface area contributed by atoms with Crippen LogP contribution >= 0.6 is 0 Å². The van der Waals surface area contributed by atoms with Gasteiger partial charge in [-0.05, 0) is 42.0 Å². The summed E-state index contributed by atoms with van der Waals surface area (Å²) in [7, 11) is 1.50. The molecule has 5 nitrogen and oxygen atoms in total. The van der Waals surface area contributed by atoms with Gasteiger partial charge in [0.2, 0.25) is 6.29 Å². The van der Waals surface area contributed by atoms with Crippen molar-refractivity contribution < 1.29 is 23.5 Å². The van der Waals surface area contributed by atoms with Crippen molar-refractivity contribution in [1.29, 1.82) is 0 Å². The summed E-state index contributed by atoms with van der Waals surface area (Å²) in [6.45, 7) is 0.300. The number of methoxy groups -OCH3 is 1. The van der Waals surface area contributed by atoms with Gasteiger partial charge in [-0.25, -0.2) is 4.39 Å². The Bertz CT molecular complexity index is 989. The highest BCUT2D eigenvalue weighted by Gasteiger charge is 2.14. The van der Waals surface area contributed by atoms with Crippen LogP contribution in [0.3, 0.4) is 0 Å². The van der Waals surface area contributed by atoms with Crippen LogP contribution in [0.1, 0.15) is 21.5 Å². The molecular formula is C22H17FNO4. The number of halogens is 1. The van der Waals surface area contributed by atoms with E-state index in [1.54, 1.807) is 12.4 Å². The number of hydrogen-bond acceptors (Lipinski definition) is 4. The Morgan fingerprint density at radius 2 is 1.82 bits per heavy atom. The summed E-state index contributed by atoms with van der Waals surface area (Å²) in [6, 6.07) is 17.8. The zero-order valence-electron chi connectivity index (χ0n) is 15.1. The number of ether oxygens (including phenoxy) is 2. The molecule has 0 aliphatic heterocycles. The second-order valence-corrected chi connectivity index (χ2v) is 5.89. The number of amides is 1. The molecule has 0 aliphatic carbocycles. The Hall–Kier alpha value is -3.67. The van der Waals surface area contributed by atoms with Gasteiger partial charge < -0.3 is 14.8 Å². The molecule has 3 rings (SSSR count). The Morgan fingerprint density at radius 1 is 1.04 bits per heavy atom. The van der Waals surface area contributed by atoms with Crippen molar-refractivity contribution in [1.82, 2.24) is 0 Å². The average Bonchev–Trinajstić information content (AvgIpc) is 2.74. The van der Waals surface area contributed by atoms with Gasteiger partial charge in [0.15, 0.2) is 11.5 Å². The first-order chi connectivity index (χ1) is 13.6. The fraction of sp³-hybridized carbons (Fsp3) is 0.0909. The van der Waals surface area contributed by atoms with E-state index in [0.717, 1.165) is 11.6 Å². The maximum atomic E-state index is 13.9. The normalized spacial score (nSPS) is 10.2. The molecule has 0 aromatic heterocycles. The molecule has 1 radical (unpaired) electrons. The van der Waals surface area contributed by atoms with Gasteiger partial charge in [-0.2, -0.15) is 0 Å². The zero-order valence-corrected chi connectivity index (χ0v) is 15.1. The van der Waals surface area contributed by atoms with Gasteiger partial charge in [-0.15, -0.1) is 0 Å². The lowest BCUT2D eigenvalue weighted by atomic mass is 10.1. The highest BCUT2D eigenvalue weighted by molar-refractivity contribution is 6.05.